The molecule has 0 aliphatic rings. The van der Waals surface area contributed by atoms with Crippen molar-refractivity contribution in [2.45, 2.75) is 12.5 Å². The molecule has 0 rings (SSSR count). The summed E-state index contributed by atoms with van der Waals surface area (Å²) in [6.45, 7) is 0.529. The summed E-state index contributed by atoms with van der Waals surface area (Å²) in [6.07, 6.45) is 0.577. The van der Waals surface area contributed by atoms with Gasteiger partial charge in [0.15, 0.2) is 0 Å². The number of nitrogens with two attached hydrogens (primary N) is 1. The maximum Gasteiger partial charge on any atom is 0.239 e. The number of hydrogen-bond acceptors (Lipinski definition) is 3. The Bertz CT molecular complexity index is 126. The smallest absolute Gasteiger partial charge is 0.239 e. The fraction of sp³-hybridized carbons (Fsp3) is 0.857. The zero-order valence-corrected chi connectivity index (χ0v) is 7.33. The van der Waals surface area contributed by atoms with E-state index in [2.05, 4.69) is 0 Å². The summed E-state index contributed by atoms with van der Waals surface area (Å²) in [4.78, 5) is 12.6. The standard InChI is InChI=1S/C7H16N2O2/c1-9(2)7(10)6(8)4-5-11-3/h6H,4-5,8H2,1-3H3. The molecule has 0 aliphatic heterocycles. The number of carbonyl (C=O) groups is 1. The van der Waals surface area contributed by atoms with Crippen molar-refractivity contribution in [3.63, 3.8) is 0 Å². The molecule has 1 atom stereocenters. The molecule has 0 aromatic rings. The third kappa shape index (κ3) is 3.95. The first-order valence-corrected chi connectivity index (χ1v) is 3.55. The first kappa shape index (κ1) is 10.4. The number of methoxy groups -OCH3 is 1. The lowest BCUT2D eigenvalue weighted by atomic mass is 10.2. The van der Waals surface area contributed by atoms with Gasteiger partial charge >= 0.3 is 0 Å². The molecule has 0 saturated heterocycles. The Morgan fingerprint density at radius 3 is 2.55 bits per heavy atom. The normalized spacial score (nSPS) is 12.7. The molecular weight excluding hydrogens is 144 g/mol. The summed E-state index contributed by atoms with van der Waals surface area (Å²) < 4.78 is 4.79. The lowest BCUT2D eigenvalue weighted by molar-refractivity contribution is -0.130. The predicted molar refractivity (Wildman–Crippen MR) is 43.2 cm³/mol. The molecule has 0 fully saturated rings. The zero-order chi connectivity index (χ0) is 8.85. The Kier molecular flexibility index (Phi) is 4.81. The second-order valence-electron chi connectivity index (χ2n) is 2.62. The third-order valence-corrected chi connectivity index (χ3v) is 1.39. The molecule has 0 aromatic heterocycles. The average molecular weight is 160 g/mol. The second-order valence-corrected chi connectivity index (χ2v) is 2.62. The van der Waals surface area contributed by atoms with E-state index in [0.29, 0.717) is 13.0 Å². The number of likely N-dealkylation sites (N-methyl/N-ethyl adjacent to an activating group) is 1. The Balaban J connectivity index is 3.64. The Hall–Kier alpha value is -0.610. The third-order valence-electron chi connectivity index (χ3n) is 1.39. The van der Waals surface area contributed by atoms with E-state index in [4.69, 9.17) is 10.5 Å². The molecule has 4 heteroatoms. The Morgan fingerprint density at radius 1 is 1.64 bits per heavy atom. The van der Waals surface area contributed by atoms with Crippen molar-refractivity contribution in [2.24, 2.45) is 5.73 Å². The lowest BCUT2D eigenvalue weighted by Gasteiger charge is -2.15. The molecule has 1 amide bonds. The molecule has 0 bridgehead atoms. The highest BCUT2D eigenvalue weighted by atomic mass is 16.5. The maximum atomic E-state index is 11.1. The van der Waals surface area contributed by atoms with Gasteiger partial charge in [0, 0.05) is 27.8 Å². The van der Waals surface area contributed by atoms with Gasteiger partial charge < -0.3 is 15.4 Å². The van der Waals surface area contributed by atoms with Crippen LogP contribution in [0.5, 0.6) is 0 Å². The van der Waals surface area contributed by atoms with Crippen molar-refractivity contribution in [1.29, 1.82) is 0 Å². The summed E-state index contributed by atoms with van der Waals surface area (Å²) in [5.74, 6) is -0.0537. The van der Waals surface area contributed by atoms with Gasteiger partial charge in [-0.15, -0.1) is 0 Å². The van der Waals surface area contributed by atoms with Crippen molar-refractivity contribution in [2.75, 3.05) is 27.8 Å². The molecular formula is C7H16N2O2. The van der Waals surface area contributed by atoms with Gasteiger partial charge in [0.25, 0.3) is 0 Å². The molecule has 2 N–H and O–H groups in total. The van der Waals surface area contributed by atoms with E-state index >= 15 is 0 Å². The van der Waals surface area contributed by atoms with Crippen LogP contribution < -0.4 is 5.73 Å². The van der Waals surface area contributed by atoms with E-state index in [1.807, 2.05) is 0 Å². The first-order chi connectivity index (χ1) is 5.09. The van der Waals surface area contributed by atoms with E-state index in [1.165, 1.54) is 4.90 Å². The molecule has 0 saturated carbocycles. The number of ether oxygens (including phenoxy) is 1. The van der Waals surface area contributed by atoms with Crippen LogP contribution in [0.4, 0.5) is 0 Å². The molecule has 0 spiro atoms. The van der Waals surface area contributed by atoms with E-state index in [9.17, 15) is 4.79 Å². The van der Waals surface area contributed by atoms with E-state index < -0.39 is 6.04 Å². The maximum absolute atomic E-state index is 11.1. The minimum atomic E-state index is -0.426. The van der Waals surface area contributed by atoms with Crippen LogP contribution >= 0.6 is 0 Å². The van der Waals surface area contributed by atoms with Crippen molar-refractivity contribution in [3.05, 3.63) is 0 Å². The number of nitrogens with zero attached hydrogens (tertiary/aromatic N) is 1. The van der Waals surface area contributed by atoms with Crippen LogP contribution in [0.2, 0.25) is 0 Å². The molecule has 11 heavy (non-hydrogen) atoms. The molecule has 0 aliphatic carbocycles. The fourth-order valence-electron chi connectivity index (χ4n) is 0.700. The molecule has 66 valence electrons. The van der Waals surface area contributed by atoms with Gasteiger partial charge in [-0.3, -0.25) is 4.79 Å². The van der Waals surface area contributed by atoms with Gasteiger partial charge in [-0.1, -0.05) is 0 Å². The quantitative estimate of drug-likeness (QED) is 0.599. The van der Waals surface area contributed by atoms with E-state index in [0.717, 1.165) is 0 Å². The monoisotopic (exact) mass is 160 g/mol. The van der Waals surface area contributed by atoms with E-state index in [-0.39, 0.29) is 5.91 Å². The molecule has 0 radical (unpaired) electrons. The van der Waals surface area contributed by atoms with Gasteiger partial charge in [-0.25, -0.2) is 0 Å². The average Bonchev–Trinajstić information content (AvgIpc) is 1.98. The summed E-state index contributed by atoms with van der Waals surface area (Å²) >= 11 is 0. The van der Waals surface area contributed by atoms with Gasteiger partial charge in [-0.2, -0.15) is 0 Å². The molecule has 0 aromatic carbocycles. The number of amides is 1. The van der Waals surface area contributed by atoms with Crippen molar-refractivity contribution < 1.29 is 9.53 Å². The SMILES string of the molecule is COCCC(N)C(=O)N(C)C. The van der Waals surface area contributed by atoms with Crippen molar-refractivity contribution in [1.82, 2.24) is 4.90 Å². The summed E-state index contributed by atoms with van der Waals surface area (Å²) in [5.41, 5.74) is 5.53. The van der Waals surface area contributed by atoms with Crippen LogP contribution in [0.15, 0.2) is 0 Å². The fourth-order valence-corrected chi connectivity index (χ4v) is 0.700. The minimum Gasteiger partial charge on any atom is -0.385 e. The van der Waals surface area contributed by atoms with Crippen LogP contribution in [0.25, 0.3) is 0 Å². The van der Waals surface area contributed by atoms with Crippen LogP contribution in [0.1, 0.15) is 6.42 Å². The highest BCUT2D eigenvalue weighted by Crippen LogP contribution is 1.92. The van der Waals surface area contributed by atoms with Crippen LogP contribution in [-0.2, 0) is 9.53 Å². The highest BCUT2D eigenvalue weighted by Gasteiger charge is 2.13. The lowest BCUT2D eigenvalue weighted by Crippen LogP contribution is -2.40. The van der Waals surface area contributed by atoms with Gasteiger partial charge in [0.1, 0.15) is 0 Å². The summed E-state index contributed by atoms with van der Waals surface area (Å²) in [6, 6.07) is -0.426. The van der Waals surface area contributed by atoms with Crippen LogP contribution in [0, 0.1) is 0 Å². The number of carbonyl (C=O) groups excluding carboxylic acids is 1. The predicted octanol–water partition coefficient (Wildman–Crippen LogP) is -0.562. The van der Waals surface area contributed by atoms with Crippen LogP contribution in [-0.4, -0.2) is 44.7 Å². The molecule has 0 heterocycles. The van der Waals surface area contributed by atoms with Crippen LogP contribution in [0.3, 0.4) is 0 Å². The second kappa shape index (κ2) is 5.09. The summed E-state index contributed by atoms with van der Waals surface area (Å²) in [7, 11) is 4.97. The van der Waals surface area contributed by atoms with Gasteiger partial charge in [0.05, 0.1) is 6.04 Å². The van der Waals surface area contributed by atoms with Crippen molar-refractivity contribution in [3.8, 4) is 0 Å². The van der Waals surface area contributed by atoms with Gasteiger partial charge in [-0.05, 0) is 6.42 Å². The molecule has 4 nitrogen and oxygen atoms in total. The highest BCUT2D eigenvalue weighted by molar-refractivity contribution is 5.81. The Labute approximate surface area is 67.3 Å². The largest absolute Gasteiger partial charge is 0.385 e. The first-order valence-electron chi connectivity index (χ1n) is 3.55. The van der Waals surface area contributed by atoms with E-state index in [1.54, 1.807) is 21.2 Å². The molecule has 1 unspecified atom stereocenters. The zero-order valence-electron chi connectivity index (χ0n) is 7.33. The topological polar surface area (TPSA) is 55.6 Å². The number of hydrogen-bond donors (Lipinski definition) is 1. The van der Waals surface area contributed by atoms with Crippen molar-refractivity contribution >= 4 is 5.91 Å². The summed E-state index contributed by atoms with van der Waals surface area (Å²) in [5, 5.41) is 0. The Morgan fingerprint density at radius 2 is 2.18 bits per heavy atom. The minimum absolute atomic E-state index is 0.0537. The number of rotatable bonds is 4. The van der Waals surface area contributed by atoms with Gasteiger partial charge in [0.2, 0.25) is 5.91 Å².